The summed E-state index contributed by atoms with van der Waals surface area (Å²) in [6.45, 7) is 1.59. The Bertz CT molecular complexity index is 760. The first kappa shape index (κ1) is 19.2. The second-order valence-corrected chi connectivity index (χ2v) is 6.40. The summed E-state index contributed by atoms with van der Waals surface area (Å²) >= 11 is 5.82. The van der Waals surface area contributed by atoms with Crippen LogP contribution in [0.1, 0.15) is 11.7 Å². The fourth-order valence-corrected chi connectivity index (χ4v) is 2.80. The molecule has 0 bridgehead atoms. The molecule has 1 aliphatic rings. The molecule has 2 aromatic rings. The zero-order valence-electron chi connectivity index (χ0n) is 14.7. The number of rotatable bonds is 6. The average molecular weight is 390 g/mol. The van der Waals surface area contributed by atoms with E-state index in [0.717, 1.165) is 0 Å². The van der Waals surface area contributed by atoms with Crippen molar-refractivity contribution >= 4 is 23.5 Å². The number of hydrogen-bond donors (Lipinski definition) is 0. The highest BCUT2D eigenvalue weighted by Gasteiger charge is 2.30. The first-order chi connectivity index (χ1) is 13.1. The van der Waals surface area contributed by atoms with Gasteiger partial charge in [0.15, 0.2) is 6.61 Å². The number of benzene rings is 2. The van der Waals surface area contributed by atoms with Crippen LogP contribution in [0, 0.1) is 0 Å². The molecule has 1 saturated heterocycles. The molecule has 1 fully saturated rings. The monoisotopic (exact) mass is 389 g/mol. The van der Waals surface area contributed by atoms with E-state index in [-0.39, 0.29) is 12.5 Å². The largest absolute Gasteiger partial charge is 0.482 e. The van der Waals surface area contributed by atoms with E-state index in [4.69, 9.17) is 25.8 Å². The zero-order valence-corrected chi connectivity index (χ0v) is 15.4. The Labute approximate surface area is 162 Å². The minimum Gasteiger partial charge on any atom is -0.482 e. The second kappa shape index (κ2) is 9.39. The van der Waals surface area contributed by atoms with Gasteiger partial charge in [-0.3, -0.25) is 4.79 Å². The molecule has 0 aliphatic carbocycles. The van der Waals surface area contributed by atoms with Gasteiger partial charge in [-0.25, -0.2) is 4.79 Å². The third-order valence-electron chi connectivity index (χ3n) is 4.07. The number of morpholine rings is 1. The summed E-state index contributed by atoms with van der Waals surface area (Å²) in [5.74, 6) is -0.392. The third kappa shape index (κ3) is 5.45. The van der Waals surface area contributed by atoms with Crippen LogP contribution in [0.15, 0.2) is 54.6 Å². The van der Waals surface area contributed by atoms with Crippen LogP contribution in [-0.2, 0) is 19.1 Å². The van der Waals surface area contributed by atoms with Crippen molar-refractivity contribution in [2.75, 3.05) is 32.9 Å². The lowest BCUT2D eigenvalue weighted by Crippen LogP contribution is -2.44. The highest BCUT2D eigenvalue weighted by atomic mass is 35.5. The third-order valence-corrected chi connectivity index (χ3v) is 4.32. The number of amides is 1. The molecule has 1 aliphatic heterocycles. The second-order valence-electron chi connectivity index (χ2n) is 5.96. The van der Waals surface area contributed by atoms with E-state index in [0.29, 0.717) is 42.6 Å². The van der Waals surface area contributed by atoms with Crippen LogP contribution in [0.25, 0.3) is 0 Å². The normalized spacial score (nSPS) is 15.1. The lowest BCUT2D eigenvalue weighted by molar-refractivity contribution is -0.164. The lowest BCUT2D eigenvalue weighted by Gasteiger charge is -2.30. The summed E-state index contributed by atoms with van der Waals surface area (Å²) < 4.78 is 16.2. The molecule has 7 heteroatoms. The Balaban J connectivity index is 1.66. The topological polar surface area (TPSA) is 65.1 Å². The first-order valence-corrected chi connectivity index (χ1v) is 9.00. The minimum absolute atomic E-state index is 0.260. The van der Waals surface area contributed by atoms with Crippen molar-refractivity contribution in [3.8, 4) is 5.75 Å². The maximum atomic E-state index is 12.9. The molecule has 1 atom stereocenters. The fourth-order valence-electron chi connectivity index (χ4n) is 2.68. The van der Waals surface area contributed by atoms with Crippen molar-refractivity contribution in [3.05, 3.63) is 65.2 Å². The molecule has 0 aromatic heterocycles. The Morgan fingerprint density at radius 2 is 1.70 bits per heavy atom. The molecule has 2 aromatic carbocycles. The van der Waals surface area contributed by atoms with E-state index in [1.165, 1.54) is 0 Å². The fraction of sp³-hybridized carbons (Fsp3) is 0.300. The van der Waals surface area contributed by atoms with Gasteiger partial charge in [0.05, 0.1) is 13.2 Å². The van der Waals surface area contributed by atoms with Crippen molar-refractivity contribution in [2.45, 2.75) is 6.10 Å². The van der Waals surface area contributed by atoms with Gasteiger partial charge in [0, 0.05) is 23.7 Å². The van der Waals surface area contributed by atoms with E-state index < -0.39 is 12.1 Å². The van der Waals surface area contributed by atoms with Gasteiger partial charge in [-0.05, 0) is 24.3 Å². The van der Waals surface area contributed by atoms with Crippen molar-refractivity contribution in [3.63, 3.8) is 0 Å². The van der Waals surface area contributed by atoms with Crippen LogP contribution in [-0.4, -0.2) is 49.7 Å². The van der Waals surface area contributed by atoms with E-state index in [2.05, 4.69) is 0 Å². The van der Waals surface area contributed by atoms with Gasteiger partial charge in [0.1, 0.15) is 5.75 Å². The number of ether oxygens (including phenoxy) is 3. The van der Waals surface area contributed by atoms with Crippen molar-refractivity contribution in [1.82, 2.24) is 4.90 Å². The van der Waals surface area contributed by atoms with Crippen LogP contribution in [0.3, 0.4) is 0 Å². The van der Waals surface area contributed by atoms with Gasteiger partial charge < -0.3 is 19.1 Å². The summed E-state index contributed by atoms with van der Waals surface area (Å²) in [4.78, 5) is 26.8. The van der Waals surface area contributed by atoms with E-state index in [1.54, 1.807) is 53.4 Å². The molecule has 0 unspecified atom stereocenters. The standard InChI is InChI=1S/C20H20ClNO5/c21-16-6-8-17(9-7-16)26-14-18(23)27-19(15-4-2-1-3-5-15)20(24)22-10-12-25-13-11-22/h1-9,19H,10-14H2/t19-/m1/s1. The van der Waals surface area contributed by atoms with Gasteiger partial charge in [0.2, 0.25) is 6.10 Å². The molecule has 1 amide bonds. The highest BCUT2D eigenvalue weighted by molar-refractivity contribution is 6.30. The van der Waals surface area contributed by atoms with Crippen LogP contribution in [0.5, 0.6) is 5.75 Å². The first-order valence-electron chi connectivity index (χ1n) is 8.63. The summed E-state index contributed by atoms with van der Waals surface area (Å²) in [6.07, 6.45) is -1.01. The Kier molecular flexibility index (Phi) is 6.68. The van der Waals surface area contributed by atoms with Crippen LogP contribution in [0.2, 0.25) is 5.02 Å². The highest BCUT2D eigenvalue weighted by Crippen LogP contribution is 2.22. The van der Waals surface area contributed by atoms with Gasteiger partial charge in [-0.2, -0.15) is 0 Å². The van der Waals surface area contributed by atoms with Crippen molar-refractivity contribution in [1.29, 1.82) is 0 Å². The molecular weight excluding hydrogens is 370 g/mol. The molecule has 0 radical (unpaired) electrons. The number of hydrogen-bond acceptors (Lipinski definition) is 5. The average Bonchev–Trinajstić information content (AvgIpc) is 2.72. The molecule has 0 saturated carbocycles. The summed E-state index contributed by atoms with van der Waals surface area (Å²) in [7, 11) is 0. The van der Waals surface area contributed by atoms with Gasteiger partial charge in [-0.15, -0.1) is 0 Å². The van der Waals surface area contributed by atoms with E-state index in [9.17, 15) is 9.59 Å². The molecule has 0 spiro atoms. The molecule has 3 rings (SSSR count). The van der Waals surface area contributed by atoms with Gasteiger partial charge in [-0.1, -0.05) is 41.9 Å². The zero-order chi connectivity index (χ0) is 19.1. The van der Waals surface area contributed by atoms with Gasteiger partial charge in [0.25, 0.3) is 5.91 Å². The summed E-state index contributed by atoms with van der Waals surface area (Å²) in [5.41, 5.74) is 0.619. The maximum absolute atomic E-state index is 12.9. The number of halogens is 1. The quantitative estimate of drug-likeness (QED) is 0.711. The minimum atomic E-state index is -1.01. The Morgan fingerprint density at radius 3 is 2.37 bits per heavy atom. The lowest BCUT2D eigenvalue weighted by atomic mass is 10.1. The van der Waals surface area contributed by atoms with E-state index in [1.807, 2.05) is 6.07 Å². The van der Waals surface area contributed by atoms with Crippen molar-refractivity contribution < 1.29 is 23.8 Å². The van der Waals surface area contributed by atoms with Gasteiger partial charge >= 0.3 is 5.97 Å². The smallest absolute Gasteiger partial charge is 0.345 e. The number of nitrogens with zero attached hydrogens (tertiary/aromatic N) is 1. The molecule has 1 heterocycles. The summed E-state index contributed by atoms with van der Waals surface area (Å²) in [5, 5.41) is 0.574. The molecule has 142 valence electrons. The van der Waals surface area contributed by atoms with E-state index >= 15 is 0 Å². The Morgan fingerprint density at radius 1 is 1.04 bits per heavy atom. The predicted octanol–water partition coefficient (Wildman–Crippen LogP) is 2.86. The number of carbonyl (C=O) groups is 2. The number of esters is 1. The van der Waals surface area contributed by atoms with Crippen LogP contribution >= 0.6 is 11.6 Å². The van der Waals surface area contributed by atoms with Crippen molar-refractivity contribution in [2.24, 2.45) is 0 Å². The Hall–Kier alpha value is -2.57. The molecular formula is C20H20ClNO5. The van der Waals surface area contributed by atoms with Crippen LogP contribution < -0.4 is 4.74 Å². The molecule has 0 N–H and O–H groups in total. The summed E-state index contributed by atoms with van der Waals surface area (Å²) in [6, 6.07) is 15.6. The predicted molar refractivity (Wildman–Crippen MR) is 99.6 cm³/mol. The van der Waals surface area contributed by atoms with Crippen LogP contribution in [0.4, 0.5) is 0 Å². The molecule has 6 nitrogen and oxygen atoms in total. The number of carbonyl (C=O) groups excluding carboxylic acids is 2. The SMILES string of the molecule is O=C(COc1ccc(Cl)cc1)O[C@@H](C(=O)N1CCOCC1)c1ccccc1. The molecule has 27 heavy (non-hydrogen) atoms. The maximum Gasteiger partial charge on any atom is 0.345 e.